The van der Waals surface area contributed by atoms with Gasteiger partial charge in [0.1, 0.15) is 0 Å². The molecule has 0 amide bonds. The topological polar surface area (TPSA) is 24.9 Å². The Balaban J connectivity index is 2.08. The van der Waals surface area contributed by atoms with Gasteiger partial charge in [-0.05, 0) is 40.2 Å². The Hall–Kier alpha value is -1.19. The van der Waals surface area contributed by atoms with Crippen LogP contribution in [0.3, 0.4) is 0 Å². The number of nitrogens with one attached hydrogen (secondary N) is 1. The molecule has 2 nitrogen and oxygen atoms in total. The molecule has 0 radical (unpaired) electrons. The molecular formula is C16H22N2S. The van der Waals surface area contributed by atoms with E-state index in [9.17, 15) is 0 Å². The third-order valence-electron chi connectivity index (χ3n) is 3.41. The average Bonchev–Trinajstić information content (AvgIpc) is 2.69. The second-order valence-corrected chi connectivity index (χ2v) is 6.44. The van der Waals surface area contributed by atoms with E-state index in [4.69, 9.17) is 0 Å². The van der Waals surface area contributed by atoms with Gasteiger partial charge >= 0.3 is 0 Å². The van der Waals surface area contributed by atoms with Crippen LogP contribution in [0.2, 0.25) is 0 Å². The first-order chi connectivity index (χ1) is 8.97. The minimum Gasteiger partial charge on any atom is -0.303 e. The van der Waals surface area contributed by atoms with Crippen LogP contribution in [-0.4, -0.2) is 4.98 Å². The zero-order valence-electron chi connectivity index (χ0n) is 12.3. The summed E-state index contributed by atoms with van der Waals surface area (Å²) in [4.78, 5) is 5.85. The lowest BCUT2D eigenvalue weighted by molar-refractivity contribution is 0.498. The van der Waals surface area contributed by atoms with Gasteiger partial charge < -0.3 is 5.32 Å². The van der Waals surface area contributed by atoms with Crippen molar-refractivity contribution in [3.05, 3.63) is 51.0 Å². The van der Waals surface area contributed by atoms with Crippen molar-refractivity contribution in [3.63, 3.8) is 0 Å². The summed E-state index contributed by atoms with van der Waals surface area (Å²) in [5.41, 5.74) is 3.79. The molecular weight excluding hydrogens is 252 g/mol. The number of aromatic nitrogens is 1. The molecule has 1 N–H and O–H groups in total. The van der Waals surface area contributed by atoms with Crippen molar-refractivity contribution in [2.45, 2.75) is 46.7 Å². The highest BCUT2D eigenvalue weighted by atomic mass is 32.1. The molecule has 2 atom stereocenters. The maximum absolute atomic E-state index is 4.50. The summed E-state index contributed by atoms with van der Waals surface area (Å²) in [6, 6.07) is 9.41. The summed E-state index contributed by atoms with van der Waals surface area (Å²) >= 11 is 1.79. The second kappa shape index (κ2) is 5.85. The van der Waals surface area contributed by atoms with E-state index in [2.05, 4.69) is 69.2 Å². The molecule has 19 heavy (non-hydrogen) atoms. The maximum Gasteiger partial charge on any atom is 0.0900 e. The van der Waals surface area contributed by atoms with Crippen LogP contribution in [0.5, 0.6) is 0 Å². The van der Waals surface area contributed by atoms with E-state index in [1.54, 1.807) is 11.3 Å². The summed E-state index contributed by atoms with van der Waals surface area (Å²) in [5.74, 6) is 0. The summed E-state index contributed by atoms with van der Waals surface area (Å²) in [6.07, 6.45) is 0. The van der Waals surface area contributed by atoms with Gasteiger partial charge in [0.15, 0.2) is 0 Å². The quantitative estimate of drug-likeness (QED) is 0.889. The van der Waals surface area contributed by atoms with Gasteiger partial charge in [-0.1, -0.05) is 29.8 Å². The van der Waals surface area contributed by atoms with E-state index >= 15 is 0 Å². The first kappa shape index (κ1) is 14.2. The summed E-state index contributed by atoms with van der Waals surface area (Å²) < 4.78 is 0. The monoisotopic (exact) mass is 274 g/mol. The van der Waals surface area contributed by atoms with Gasteiger partial charge in [0.25, 0.3) is 0 Å². The lowest BCUT2D eigenvalue weighted by atomic mass is 10.1. The number of thiazole rings is 1. The Morgan fingerprint density at radius 3 is 2.16 bits per heavy atom. The standard InChI is InChI=1S/C16H22N2S/c1-10-6-8-15(9-7-10)11(2)17-12(3)16-13(4)18-14(5)19-16/h6-9,11-12,17H,1-5H3. The molecule has 2 rings (SSSR count). The van der Waals surface area contributed by atoms with E-state index < -0.39 is 0 Å². The molecule has 1 aromatic heterocycles. The van der Waals surface area contributed by atoms with Gasteiger partial charge in [0, 0.05) is 17.0 Å². The predicted molar refractivity (Wildman–Crippen MR) is 82.7 cm³/mol. The molecule has 2 aromatic rings. The fourth-order valence-corrected chi connectivity index (χ4v) is 3.29. The Bertz CT molecular complexity index is 542. The second-order valence-electron chi connectivity index (χ2n) is 5.20. The molecule has 2 unspecified atom stereocenters. The Morgan fingerprint density at radius 1 is 1.00 bits per heavy atom. The van der Waals surface area contributed by atoms with Gasteiger partial charge in [0.2, 0.25) is 0 Å². The average molecular weight is 274 g/mol. The normalized spacial score (nSPS) is 14.4. The molecule has 0 saturated heterocycles. The lowest BCUT2D eigenvalue weighted by Crippen LogP contribution is -2.22. The number of hydrogen-bond acceptors (Lipinski definition) is 3. The molecule has 0 aliphatic rings. The highest BCUT2D eigenvalue weighted by molar-refractivity contribution is 7.11. The third-order valence-corrected chi connectivity index (χ3v) is 4.67. The first-order valence-corrected chi connectivity index (χ1v) is 7.55. The number of hydrogen-bond donors (Lipinski definition) is 1. The van der Waals surface area contributed by atoms with Crippen LogP contribution in [0.4, 0.5) is 0 Å². The largest absolute Gasteiger partial charge is 0.303 e. The Labute approximate surface area is 119 Å². The zero-order chi connectivity index (χ0) is 14.0. The molecule has 0 aliphatic heterocycles. The molecule has 0 saturated carbocycles. The van der Waals surface area contributed by atoms with Crippen LogP contribution in [-0.2, 0) is 0 Å². The molecule has 1 aromatic carbocycles. The lowest BCUT2D eigenvalue weighted by Gasteiger charge is -2.20. The SMILES string of the molecule is Cc1ccc(C(C)NC(C)c2sc(C)nc2C)cc1. The molecule has 1 heterocycles. The van der Waals surface area contributed by atoms with E-state index in [-0.39, 0.29) is 0 Å². The van der Waals surface area contributed by atoms with Crippen molar-refractivity contribution < 1.29 is 0 Å². The fourth-order valence-electron chi connectivity index (χ4n) is 2.35. The van der Waals surface area contributed by atoms with Gasteiger partial charge in [-0.25, -0.2) is 4.98 Å². The number of rotatable bonds is 4. The van der Waals surface area contributed by atoms with Crippen LogP contribution >= 0.6 is 11.3 Å². The van der Waals surface area contributed by atoms with Crippen molar-refractivity contribution in [2.75, 3.05) is 0 Å². The molecule has 3 heteroatoms. The zero-order valence-corrected chi connectivity index (χ0v) is 13.1. The highest BCUT2D eigenvalue weighted by Crippen LogP contribution is 2.26. The van der Waals surface area contributed by atoms with Crippen LogP contribution in [0.25, 0.3) is 0 Å². The van der Waals surface area contributed by atoms with Gasteiger partial charge in [0.05, 0.1) is 10.7 Å². The number of nitrogens with zero attached hydrogens (tertiary/aromatic N) is 1. The molecule has 0 aliphatic carbocycles. The van der Waals surface area contributed by atoms with Crippen LogP contribution in [0, 0.1) is 20.8 Å². The van der Waals surface area contributed by atoms with E-state index in [0.29, 0.717) is 12.1 Å². The maximum atomic E-state index is 4.50. The van der Waals surface area contributed by atoms with Gasteiger partial charge in [-0.2, -0.15) is 0 Å². The van der Waals surface area contributed by atoms with Crippen molar-refractivity contribution >= 4 is 11.3 Å². The smallest absolute Gasteiger partial charge is 0.0900 e. The summed E-state index contributed by atoms with van der Waals surface area (Å²) in [5, 5.41) is 4.80. The van der Waals surface area contributed by atoms with Crippen LogP contribution < -0.4 is 5.32 Å². The molecule has 0 fully saturated rings. The predicted octanol–water partition coefficient (Wildman–Crippen LogP) is 4.48. The van der Waals surface area contributed by atoms with Crippen molar-refractivity contribution in [1.29, 1.82) is 0 Å². The minimum absolute atomic E-state index is 0.336. The molecule has 0 bridgehead atoms. The van der Waals surface area contributed by atoms with Gasteiger partial charge in [-0.3, -0.25) is 0 Å². The van der Waals surface area contributed by atoms with E-state index in [1.807, 2.05) is 0 Å². The fraction of sp³-hybridized carbons (Fsp3) is 0.438. The van der Waals surface area contributed by atoms with E-state index in [0.717, 1.165) is 10.7 Å². The Kier molecular flexibility index (Phi) is 4.38. The van der Waals surface area contributed by atoms with Gasteiger partial charge in [-0.15, -0.1) is 11.3 Å². The van der Waals surface area contributed by atoms with Crippen LogP contribution in [0.1, 0.15) is 52.6 Å². The Morgan fingerprint density at radius 2 is 1.63 bits per heavy atom. The number of benzene rings is 1. The van der Waals surface area contributed by atoms with Crippen molar-refractivity contribution in [2.24, 2.45) is 0 Å². The molecule has 0 spiro atoms. The summed E-state index contributed by atoms with van der Waals surface area (Å²) in [6.45, 7) is 10.7. The summed E-state index contributed by atoms with van der Waals surface area (Å²) in [7, 11) is 0. The third kappa shape index (κ3) is 3.43. The van der Waals surface area contributed by atoms with Crippen molar-refractivity contribution in [1.82, 2.24) is 10.3 Å². The van der Waals surface area contributed by atoms with Crippen LogP contribution in [0.15, 0.2) is 24.3 Å². The highest BCUT2D eigenvalue weighted by Gasteiger charge is 2.15. The minimum atomic E-state index is 0.336. The van der Waals surface area contributed by atoms with Crippen molar-refractivity contribution in [3.8, 4) is 0 Å². The van der Waals surface area contributed by atoms with E-state index in [1.165, 1.54) is 16.0 Å². The molecule has 102 valence electrons. The number of aryl methyl sites for hydroxylation is 3. The first-order valence-electron chi connectivity index (χ1n) is 6.74.